The normalized spacial score (nSPS) is 40.6. The van der Waals surface area contributed by atoms with Crippen LogP contribution in [0, 0.1) is 0 Å². The molecule has 0 aromatic rings. The van der Waals surface area contributed by atoms with Crippen molar-refractivity contribution in [1.29, 1.82) is 0 Å². The van der Waals surface area contributed by atoms with E-state index in [9.17, 15) is 0 Å². The second-order valence-electron chi connectivity index (χ2n) is 6.95. The molecule has 3 atom stereocenters. The summed E-state index contributed by atoms with van der Waals surface area (Å²) >= 11 is 0. The Morgan fingerprint density at radius 3 is 2.42 bits per heavy atom. The summed E-state index contributed by atoms with van der Waals surface area (Å²) in [5.41, 5.74) is 0. The van der Waals surface area contributed by atoms with Crippen LogP contribution in [0.2, 0.25) is 0 Å². The fourth-order valence-electron chi connectivity index (χ4n) is 4.52. The number of fused-ring (bicyclic) bond motifs is 2. The molecule has 3 aliphatic rings. The summed E-state index contributed by atoms with van der Waals surface area (Å²) in [7, 11) is 2.40. The van der Waals surface area contributed by atoms with Crippen LogP contribution >= 0.6 is 0 Å². The van der Waals surface area contributed by atoms with Gasteiger partial charge in [0.15, 0.2) is 0 Å². The largest absolute Gasteiger partial charge is 0.311 e. The van der Waals surface area contributed by atoms with Crippen LogP contribution in [-0.4, -0.2) is 60.6 Å². The van der Waals surface area contributed by atoms with Crippen LogP contribution in [0.25, 0.3) is 0 Å². The molecule has 0 aliphatic carbocycles. The third-order valence-electron chi connectivity index (χ3n) is 5.84. The summed E-state index contributed by atoms with van der Waals surface area (Å²) < 4.78 is 0. The molecule has 0 aromatic carbocycles. The van der Waals surface area contributed by atoms with E-state index in [2.05, 4.69) is 29.1 Å². The van der Waals surface area contributed by atoms with Crippen molar-refractivity contribution in [3.63, 3.8) is 0 Å². The molecule has 110 valence electrons. The van der Waals surface area contributed by atoms with Gasteiger partial charge in [-0.15, -0.1) is 0 Å². The number of nitrogens with zero attached hydrogens (tertiary/aromatic N) is 2. The van der Waals surface area contributed by atoms with Crippen molar-refractivity contribution in [2.45, 2.75) is 76.0 Å². The average Bonchev–Trinajstić information content (AvgIpc) is 2.67. The molecule has 0 radical (unpaired) electrons. The van der Waals surface area contributed by atoms with E-state index < -0.39 is 0 Å². The molecule has 19 heavy (non-hydrogen) atoms. The lowest BCUT2D eigenvalue weighted by Crippen LogP contribution is -2.50. The van der Waals surface area contributed by atoms with Crippen molar-refractivity contribution >= 4 is 0 Å². The van der Waals surface area contributed by atoms with Gasteiger partial charge in [0.05, 0.1) is 0 Å². The van der Waals surface area contributed by atoms with Crippen LogP contribution in [0.15, 0.2) is 0 Å². The first-order valence-electron chi connectivity index (χ1n) is 8.46. The summed E-state index contributed by atoms with van der Waals surface area (Å²) in [6.45, 7) is 6.16. The third kappa shape index (κ3) is 3.14. The fraction of sp³-hybridized carbons (Fsp3) is 1.00. The van der Waals surface area contributed by atoms with Crippen LogP contribution in [-0.2, 0) is 0 Å². The lowest BCUT2D eigenvalue weighted by Gasteiger charge is -2.39. The number of hydrogen-bond acceptors (Lipinski definition) is 3. The van der Waals surface area contributed by atoms with Gasteiger partial charge in [-0.1, -0.05) is 6.92 Å². The molecule has 0 spiro atoms. The van der Waals surface area contributed by atoms with Crippen LogP contribution in [0.3, 0.4) is 0 Å². The molecular weight excluding hydrogens is 234 g/mol. The minimum atomic E-state index is 0.823. The van der Waals surface area contributed by atoms with Crippen molar-refractivity contribution in [1.82, 2.24) is 15.1 Å². The molecular formula is C16H31N3. The molecule has 3 rings (SSSR count). The number of hydrogen-bond donors (Lipinski definition) is 1. The molecule has 0 saturated carbocycles. The number of likely N-dealkylation sites (tertiary alicyclic amines) is 1. The van der Waals surface area contributed by atoms with Crippen LogP contribution in [0.1, 0.15) is 51.9 Å². The summed E-state index contributed by atoms with van der Waals surface area (Å²) in [4.78, 5) is 5.38. The van der Waals surface area contributed by atoms with E-state index in [1.165, 1.54) is 64.6 Å². The molecule has 3 saturated heterocycles. The van der Waals surface area contributed by atoms with Crippen molar-refractivity contribution in [2.24, 2.45) is 0 Å². The predicted molar refractivity (Wildman–Crippen MR) is 80.5 cm³/mol. The zero-order chi connectivity index (χ0) is 13.2. The first-order chi connectivity index (χ1) is 9.26. The Balaban J connectivity index is 1.56. The first kappa shape index (κ1) is 13.8. The highest BCUT2D eigenvalue weighted by molar-refractivity contribution is 4.96. The van der Waals surface area contributed by atoms with Crippen molar-refractivity contribution in [3.05, 3.63) is 0 Å². The first-order valence-corrected chi connectivity index (χ1v) is 8.46. The van der Waals surface area contributed by atoms with Gasteiger partial charge in [0.1, 0.15) is 0 Å². The summed E-state index contributed by atoms with van der Waals surface area (Å²) in [6, 6.07) is 3.32. The maximum atomic E-state index is 3.77. The van der Waals surface area contributed by atoms with E-state index in [-0.39, 0.29) is 0 Å². The average molecular weight is 265 g/mol. The van der Waals surface area contributed by atoms with E-state index in [1.54, 1.807) is 0 Å². The smallest absolute Gasteiger partial charge is 0.0125 e. The Labute approximate surface area is 118 Å². The second-order valence-corrected chi connectivity index (χ2v) is 6.95. The molecule has 0 aromatic heterocycles. The molecule has 3 aliphatic heterocycles. The van der Waals surface area contributed by atoms with E-state index in [4.69, 9.17) is 0 Å². The zero-order valence-corrected chi connectivity index (χ0v) is 12.8. The van der Waals surface area contributed by atoms with Crippen molar-refractivity contribution < 1.29 is 0 Å². The number of rotatable bonds is 3. The molecule has 3 heterocycles. The topological polar surface area (TPSA) is 18.5 Å². The Kier molecular flexibility index (Phi) is 4.45. The second kappa shape index (κ2) is 6.11. The molecule has 1 N–H and O–H groups in total. The van der Waals surface area contributed by atoms with Gasteiger partial charge in [-0.25, -0.2) is 0 Å². The van der Waals surface area contributed by atoms with E-state index in [1.807, 2.05) is 0 Å². The van der Waals surface area contributed by atoms with Gasteiger partial charge >= 0.3 is 0 Å². The lowest BCUT2D eigenvalue weighted by atomic mass is 9.95. The fourth-order valence-corrected chi connectivity index (χ4v) is 4.52. The van der Waals surface area contributed by atoms with E-state index >= 15 is 0 Å². The van der Waals surface area contributed by atoms with Gasteiger partial charge in [-0.3, -0.25) is 0 Å². The Morgan fingerprint density at radius 2 is 1.74 bits per heavy atom. The monoisotopic (exact) mass is 265 g/mol. The molecule has 3 nitrogen and oxygen atoms in total. The van der Waals surface area contributed by atoms with E-state index in [0.29, 0.717) is 0 Å². The third-order valence-corrected chi connectivity index (χ3v) is 5.84. The highest BCUT2D eigenvalue weighted by Crippen LogP contribution is 2.31. The Bertz CT molecular complexity index is 282. The highest BCUT2D eigenvalue weighted by Gasteiger charge is 2.36. The molecule has 0 amide bonds. The molecule has 3 heteroatoms. The minimum Gasteiger partial charge on any atom is -0.311 e. The molecule has 3 fully saturated rings. The zero-order valence-electron chi connectivity index (χ0n) is 12.8. The summed E-state index contributed by atoms with van der Waals surface area (Å²) in [5.74, 6) is 0. The highest BCUT2D eigenvalue weighted by atomic mass is 15.2. The van der Waals surface area contributed by atoms with Gasteiger partial charge in [0.2, 0.25) is 0 Å². The standard InChI is InChI=1S/C16H31N3/c1-3-19-9-4-5-15(8-10-19)18(2)16-11-13-6-7-14(12-16)17-13/h13-17H,3-12H2,1-2H3. The number of piperidine rings is 1. The minimum absolute atomic E-state index is 0.823. The SMILES string of the molecule is CCN1CCCC(N(C)C2CC3CCC(C2)N3)CC1. The Hall–Kier alpha value is -0.120. The maximum Gasteiger partial charge on any atom is 0.0125 e. The molecule has 2 bridgehead atoms. The quantitative estimate of drug-likeness (QED) is 0.843. The van der Waals surface area contributed by atoms with Crippen molar-refractivity contribution in [2.75, 3.05) is 26.7 Å². The Morgan fingerprint density at radius 1 is 1.00 bits per heavy atom. The summed E-state index contributed by atoms with van der Waals surface area (Å²) in [5, 5.41) is 3.77. The maximum absolute atomic E-state index is 3.77. The van der Waals surface area contributed by atoms with Gasteiger partial charge in [0, 0.05) is 24.2 Å². The van der Waals surface area contributed by atoms with Gasteiger partial charge in [-0.05, 0) is 71.6 Å². The van der Waals surface area contributed by atoms with Crippen LogP contribution < -0.4 is 5.32 Å². The van der Waals surface area contributed by atoms with E-state index in [0.717, 1.165) is 24.2 Å². The number of nitrogens with one attached hydrogen (secondary N) is 1. The van der Waals surface area contributed by atoms with Crippen LogP contribution in [0.5, 0.6) is 0 Å². The van der Waals surface area contributed by atoms with Crippen LogP contribution in [0.4, 0.5) is 0 Å². The van der Waals surface area contributed by atoms with Gasteiger partial charge < -0.3 is 15.1 Å². The predicted octanol–water partition coefficient (Wildman–Crippen LogP) is 2.08. The van der Waals surface area contributed by atoms with Gasteiger partial charge in [0.25, 0.3) is 0 Å². The van der Waals surface area contributed by atoms with Gasteiger partial charge in [-0.2, -0.15) is 0 Å². The molecule has 3 unspecified atom stereocenters. The lowest BCUT2D eigenvalue weighted by molar-refractivity contribution is 0.114. The van der Waals surface area contributed by atoms with Crippen molar-refractivity contribution in [3.8, 4) is 0 Å². The summed E-state index contributed by atoms with van der Waals surface area (Å²) in [6.07, 6.45) is 9.80.